The van der Waals surface area contributed by atoms with E-state index in [1.54, 1.807) is 20.2 Å². The van der Waals surface area contributed by atoms with Gasteiger partial charge in [-0.1, -0.05) is 13.0 Å². The van der Waals surface area contributed by atoms with Crippen LogP contribution in [0.2, 0.25) is 1.41 Å². The van der Waals surface area contributed by atoms with Crippen molar-refractivity contribution in [3.8, 4) is 0 Å². The van der Waals surface area contributed by atoms with Gasteiger partial charge in [-0.15, -0.1) is 0 Å². The van der Waals surface area contributed by atoms with Gasteiger partial charge >= 0.3 is 0 Å². The summed E-state index contributed by atoms with van der Waals surface area (Å²) in [6.45, 7) is 3.67. The van der Waals surface area contributed by atoms with Gasteiger partial charge < -0.3 is 5.31 Å². The van der Waals surface area contributed by atoms with E-state index in [-0.39, 0.29) is 5.92 Å². The Morgan fingerprint density at radius 3 is 3.18 bits per heavy atom. The molecule has 90 valence electrons. The second-order valence-corrected chi connectivity index (χ2v) is 4.46. The molecule has 0 saturated carbocycles. The monoisotopic (exact) mass is 234 g/mol. The molecular formula is C12H17N5. The molecule has 5 heteroatoms. The van der Waals surface area contributed by atoms with E-state index in [2.05, 4.69) is 9.97 Å². The molecule has 3 rings (SSSR count). The van der Waals surface area contributed by atoms with Crippen LogP contribution >= 0.6 is 0 Å². The minimum absolute atomic E-state index is 0.254. The summed E-state index contributed by atoms with van der Waals surface area (Å²) in [5, 5.41) is 1.99. The maximum absolute atomic E-state index is 8.77. The molecule has 3 unspecified atom stereocenters. The Morgan fingerprint density at radius 1 is 1.65 bits per heavy atom. The number of nitrogens with zero attached hydrogens (tertiary/aromatic N) is 3. The van der Waals surface area contributed by atoms with Crippen molar-refractivity contribution in [2.45, 2.75) is 26.1 Å². The van der Waals surface area contributed by atoms with Gasteiger partial charge in [-0.25, -0.2) is 4.98 Å². The van der Waals surface area contributed by atoms with Crippen LogP contribution in [-0.2, 0) is 0 Å². The summed E-state index contributed by atoms with van der Waals surface area (Å²) in [7, 11) is 1.59. The molecule has 1 aromatic rings. The molecule has 1 aromatic heterocycles. The van der Waals surface area contributed by atoms with E-state index in [0.29, 0.717) is 22.1 Å². The Labute approximate surface area is 104 Å². The van der Waals surface area contributed by atoms with Crippen LogP contribution in [0, 0.1) is 12.8 Å². The summed E-state index contributed by atoms with van der Waals surface area (Å²) in [5.74, 6) is -0.254. The molecule has 0 amide bonds. The molecule has 0 radical (unpaired) electrons. The van der Waals surface area contributed by atoms with Crippen molar-refractivity contribution in [3.63, 3.8) is 0 Å². The van der Waals surface area contributed by atoms with Crippen LogP contribution in [0.15, 0.2) is 6.20 Å². The molecule has 3 N–H and O–H groups in total. The van der Waals surface area contributed by atoms with E-state index in [9.17, 15) is 0 Å². The Balaban J connectivity index is 2.46. The SMILES string of the molecule is [2H]N1C2=c3nc(C)cnc3=CC(C)C2([2H])N(C)C1([2H])N. The Kier molecular flexibility index (Phi) is 1.61. The predicted octanol–water partition coefficient (Wildman–Crippen LogP) is -1.53. The minimum atomic E-state index is -1.80. The fraction of sp³-hybridized carbons (Fsp3) is 0.500. The minimum Gasteiger partial charge on any atom is -0.358 e. The van der Waals surface area contributed by atoms with Gasteiger partial charge in [0.2, 0.25) is 0 Å². The molecule has 1 fully saturated rings. The molecule has 3 atom stereocenters. The highest BCUT2D eigenvalue weighted by atomic mass is 15.4. The zero-order valence-electron chi connectivity index (χ0n) is 13.1. The smallest absolute Gasteiger partial charge is 0.163 e. The summed E-state index contributed by atoms with van der Waals surface area (Å²) < 4.78 is 25.1. The first kappa shape index (κ1) is 7.79. The van der Waals surface area contributed by atoms with Crippen molar-refractivity contribution in [2.24, 2.45) is 11.7 Å². The number of nitrogens with one attached hydrogen (secondary N) is 1. The number of nitrogens with two attached hydrogens (primary N) is 1. The van der Waals surface area contributed by atoms with Crippen molar-refractivity contribution in [1.29, 1.82) is 0 Å². The number of likely N-dealkylation sites (N-methyl/N-ethyl adjacent to an activating group) is 1. The van der Waals surface area contributed by atoms with Crippen LogP contribution in [0.3, 0.4) is 0 Å². The van der Waals surface area contributed by atoms with Crippen molar-refractivity contribution in [2.75, 3.05) is 7.05 Å². The summed E-state index contributed by atoms with van der Waals surface area (Å²) in [4.78, 5) is 10.1. The lowest BCUT2D eigenvalue weighted by molar-refractivity contribution is 0.223. The van der Waals surface area contributed by atoms with E-state index >= 15 is 0 Å². The van der Waals surface area contributed by atoms with Gasteiger partial charge in [0.1, 0.15) is 11.6 Å². The lowest BCUT2D eigenvalue weighted by atomic mass is 9.94. The maximum atomic E-state index is 8.77. The summed E-state index contributed by atoms with van der Waals surface area (Å²) in [6, 6.07) is -1.28. The van der Waals surface area contributed by atoms with Crippen LogP contribution in [0.5, 0.6) is 0 Å². The normalized spacial score (nSPS) is 43.3. The molecule has 0 spiro atoms. The summed E-state index contributed by atoms with van der Waals surface area (Å²) in [6.07, 6.45) is 1.71. The van der Waals surface area contributed by atoms with E-state index in [1.807, 2.05) is 13.0 Å². The number of aromatic nitrogens is 2. The van der Waals surface area contributed by atoms with Gasteiger partial charge in [-0.2, -0.15) is 0 Å². The van der Waals surface area contributed by atoms with E-state index < -0.39 is 12.3 Å². The van der Waals surface area contributed by atoms with Crippen molar-refractivity contribution in [3.05, 3.63) is 22.6 Å². The summed E-state index contributed by atoms with van der Waals surface area (Å²) >= 11 is 0. The average molecular weight is 234 g/mol. The van der Waals surface area contributed by atoms with Gasteiger partial charge in [0.15, 0.2) is 1.41 Å². The van der Waals surface area contributed by atoms with Crippen LogP contribution in [0.4, 0.5) is 0 Å². The molecular weight excluding hydrogens is 214 g/mol. The average Bonchev–Trinajstić information content (AvgIpc) is 2.52. The topological polar surface area (TPSA) is 67.1 Å². The highest BCUT2D eigenvalue weighted by Crippen LogP contribution is 2.25. The van der Waals surface area contributed by atoms with Crippen LogP contribution in [0.1, 0.15) is 15.4 Å². The Bertz CT molecular complexity index is 704. The third-order valence-electron chi connectivity index (χ3n) is 3.16. The largest absolute Gasteiger partial charge is 0.358 e. The Hall–Kier alpha value is -1.46. The van der Waals surface area contributed by atoms with Gasteiger partial charge in [-0.3, -0.25) is 15.6 Å². The summed E-state index contributed by atoms with van der Waals surface area (Å²) in [5.41, 5.74) is 6.92. The Morgan fingerprint density at radius 2 is 2.41 bits per heavy atom. The van der Waals surface area contributed by atoms with Crippen molar-refractivity contribution < 1.29 is 4.15 Å². The number of fused-ring (bicyclic) bond motifs is 2. The van der Waals surface area contributed by atoms with Gasteiger partial charge in [-0.05, 0) is 19.9 Å². The van der Waals surface area contributed by atoms with Gasteiger partial charge in [0.25, 0.3) is 0 Å². The maximum Gasteiger partial charge on any atom is 0.163 e. The second kappa shape index (κ2) is 3.51. The molecule has 1 aliphatic carbocycles. The van der Waals surface area contributed by atoms with Crippen LogP contribution in [-0.4, -0.2) is 34.2 Å². The first-order chi connectivity index (χ1) is 9.20. The number of rotatable bonds is 0. The fourth-order valence-corrected chi connectivity index (χ4v) is 2.32. The van der Waals surface area contributed by atoms with Crippen LogP contribution < -0.4 is 21.7 Å². The van der Waals surface area contributed by atoms with Crippen molar-refractivity contribution in [1.82, 2.24) is 20.2 Å². The van der Waals surface area contributed by atoms with Crippen molar-refractivity contribution >= 4 is 11.8 Å². The van der Waals surface area contributed by atoms with E-state index in [0.717, 1.165) is 5.31 Å². The molecule has 1 aliphatic heterocycles. The first-order valence-electron chi connectivity index (χ1n) is 7.03. The van der Waals surface area contributed by atoms with Gasteiger partial charge in [0.05, 0.1) is 25.5 Å². The van der Waals surface area contributed by atoms with Gasteiger partial charge in [0, 0.05) is 6.20 Å². The third-order valence-corrected chi connectivity index (χ3v) is 3.16. The fourth-order valence-electron chi connectivity index (χ4n) is 2.32. The number of hydrogen-bond acceptors (Lipinski definition) is 5. The molecule has 5 nitrogen and oxygen atoms in total. The molecule has 2 aliphatic rings. The third kappa shape index (κ3) is 1.46. The quantitative estimate of drug-likeness (QED) is 0.570. The molecule has 1 saturated heterocycles. The molecule has 0 bridgehead atoms. The number of aryl methyl sites for hydroxylation is 1. The second-order valence-electron chi connectivity index (χ2n) is 4.46. The number of hydrogen-bond donors (Lipinski definition) is 2. The predicted molar refractivity (Wildman–Crippen MR) is 65.7 cm³/mol. The van der Waals surface area contributed by atoms with E-state index in [4.69, 9.17) is 9.89 Å². The molecule has 2 heterocycles. The first-order valence-corrected chi connectivity index (χ1v) is 5.59. The molecule has 0 aromatic carbocycles. The molecule has 17 heavy (non-hydrogen) atoms. The lowest BCUT2D eigenvalue weighted by Gasteiger charge is -2.26. The van der Waals surface area contributed by atoms with E-state index in [1.165, 1.54) is 4.90 Å². The van der Waals surface area contributed by atoms with Crippen LogP contribution in [0.25, 0.3) is 11.8 Å². The lowest BCUT2D eigenvalue weighted by Crippen LogP contribution is -2.46. The zero-order chi connectivity index (χ0) is 14.9. The standard InChI is InChI=1S/C12H17N5/c1-6-4-8-9(15-7(2)5-14-8)10-11(6)17(3)12(13)16-10/h4-6,11-12,16H,13H2,1-3H3/i11D,12D/hD. The zero-order valence-corrected chi connectivity index (χ0v) is 10.1. The highest BCUT2D eigenvalue weighted by molar-refractivity contribution is 5.57. The highest BCUT2D eigenvalue weighted by Gasteiger charge is 2.37.